The van der Waals surface area contributed by atoms with E-state index in [1.54, 1.807) is 6.20 Å². The maximum atomic E-state index is 5.42. The number of rotatable bonds is 2. The normalized spacial score (nSPS) is 22.6. The summed E-state index contributed by atoms with van der Waals surface area (Å²) in [6.45, 7) is 2.53. The van der Waals surface area contributed by atoms with Crippen molar-refractivity contribution in [3.05, 3.63) is 23.0 Å². The molecule has 0 bridgehead atoms. The Balaban J connectivity index is 1.91. The third kappa shape index (κ3) is 2.73. The van der Waals surface area contributed by atoms with Crippen LogP contribution in [0.1, 0.15) is 29.4 Å². The lowest BCUT2D eigenvalue weighted by Crippen LogP contribution is -2.27. The molecule has 104 valence electrons. The van der Waals surface area contributed by atoms with Crippen molar-refractivity contribution in [3.8, 4) is 0 Å². The summed E-state index contributed by atoms with van der Waals surface area (Å²) in [4.78, 5) is 0. The number of hydrogen-bond donors (Lipinski definition) is 0. The van der Waals surface area contributed by atoms with Crippen LogP contribution in [0.5, 0.6) is 0 Å². The van der Waals surface area contributed by atoms with Gasteiger partial charge in [-0.1, -0.05) is 0 Å². The van der Waals surface area contributed by atoms with Gasteiger partial charge >= 0.3 is 0 Å². The molecule has 8 nitrogen and oxygen atoms in total. The van der Waals surface area contributed by atoms with Crippen LogP contribution in [-0.4, -0.2) is 37.4 Å². The van der Waals surface area contributed by atoms with Gasteiger partial charge in [0.1, 0.15) is 5.69 Å². The van der Waals surface area contributed by atoms with Crippen LogP contribution in [0, 0.1) is 6.92 Å². The maximum absolute atomic E-state index is 5.42. The van der Waals surface area contributed by atoms with Crippen molar-refractivity contribution in [2.75, 3.05) is 27.2 Å². The van der Waals surface area contributed by atoms with Gasteiger partial charge in [0, 0.05) is 5.56 Å². The molecule has 0 N–H and O–H groups in total. The van der Waals surface area contributed by atoms with Gasteiger partial charge in [0.05, 0.1) is 6.20 Å². The van der Waals surface area contributed by atoms with E-state index in [0.717, 1.165) is 11.1 Å². The van der Waals surface area contributed by atoms with Crippen LogP contribution < -0.4 is 0 Å². The van der Waals surface area contributed by atoms with Gasteiger partial charge in [0.2, 0.25) is 6.29 Å². The molecule has 2 aliphatic heterocycles. The Morgan fingerprint density at radius 1 is 0.947 bits per heavy atom. The van der Waals surface area contributed by atoms with E-state index < -0.39 is 12.6 Å². The van der Waals surface area contributed by atoms with Crippen LogP contribution in [0.3, 0.4) is 0 Å². The maximum Gasteiger partial charge on any atom is 0.208 e. The van der Waals surface area contributed by atoms with Gasteiger partial charge < -0.3 is 28.4 Å². The Kier molecular flexibility index (Phi) is 3.97. The fraction of sp³-hybridized carbons (Fsp3) is 0.636. The van der Waals surface area contributed by atoms with Gasteiger partial charge in [-0.05, 0) is 12.5 Å². The summed E-state index contributed by atoms with van der Waals surface area (Å²) >= 11 is 0. The van der Waals surface area contributed by atoms with Crippen molar-refractivity contribution in [1.29, 1.82) is 0 Å². The van der Waals surface area contributed by atoms with E-state index in [4.69, 9.17) is 28.4 Å². The van der Waals surface area contributed by atoms with Crippen LogP contribution in [0.2, 0.25) is 0 Å². The van der Waals surface area contributed by atoms with Gasteiger partial charge in [-0.15, -0.1) is 5.10 Å². The Morgan fingerprint density at radius 3 is 2.16 bits per heavy atom. The molecule has 3 heterocycles. The summed E-state index contributed by atoms with van der Waals surface area (Å²) in [5.41, 5.74) is 2.18. The summed E-state index contributed by atoms with van der Waals surface area (Å²) in [6.07, 6.45) is 0.445. The minimum Gasteiger partial charge on any atom is -0.329 e. The summed E-state index contributed by atoms with van der Waals surface area (Å²) in [5, 5.41) is 8.00. The van der Waals surface area contributed by atoms with Crippen molar-refractivity contribution in [2.24, 2.45) is 0 Å². The van der Waals surface area contributed by atoms with Crippen LogP contribution in [0.25, 0.3) is 0 Å². The molecule has 2 fully saturated rings. The van der Waals surface area contributed by atoms with Gasteiger partial charge in [0.25, 0.3) is 0 Å². The summed E-state index contributed by atoms with van der Waals surface area (Å²) in [6, 6.07) is 0. The second kappa shape index (κ2) is 5.87. The molecule has 0 unspecified atom stereocenters. The predicted octanol–water partition coefficient (Wildman–Crippen LogP) is 0.739. The molecular formula is C11H14N2O6. The molecule has 0 aliphatic carbocycles. The first-order valence-electron chi connectivity index (χ1n) is 5.80. The Bertz CT molecular complexity index is 431. The first kappa shape index (κ1) is 12.9. The molecular weight excluding hydrogens is 256 g/mol. The average Bonchev–Trinajstić information content (AvgIpc) is 2.49. The lowest BCUT2D eigenvalue weighted by molar-refractivity contribution is -0.314. The van der Waals surface area contributed by atoms with Crippen molar-refractivity contribution >= 4 is 0 Å². The number of aromatic nitrogens is 2. The molecule has 2 saturated heterocycles. The predicted molar refractivity (Wildman–Crippen MR) is 58.2 cm³/mol. The number of hydrogen-bond acceptors (Lipinski definition) is 8. The van der Waals surface area contributed by atoms with E-state index in [-0.39, 0.29) is 27.2 Å². The first-order chi connectivity index (χ1) is 9.36. The van der Waals surface area contributed by atoms with E-state index in [9.17, 15) is 0 Å². The van der Waals surface area contributed by atoms with Crippen molar-refractivity contribution < 1.29 is 28.4 Å². The largest absolute Gasteiger partial charge is 0.329 e. The quantitative estimate of drug-likeness (QED) is 0.778. The molecule has 0 radical (unpaired) electrons. The smallest absolute Gasteiger partial charge is 0.208 e. The van der Waals surface area contributed by atoms with Crippen LogP contribution in [0.15, 0.2) is 6.20 Å². The van der Waals surface area contributed by atoms with E-state index >= 15 is 0 Å². The van der Waals surface area contributed by atoms with E-state index in [0.29, 0.717) is 5.69 Å². The summed E-state index contributed by atoms with van der Waals surface area (Å²) < 4.78 is 31.5. The fourth-order valence-corrected chi connectivity index (χ4v) is 1.91. The molecule has 2 aliphatic rings. The van der Waals surface area contributed by atoms with Gasteiger partial charge in [-0.25, -0.2) is 0 Å². The lowest BCUT2D eigenvalue weighted by Gasteiger charge is -2.29. The molecule has 0 atom stereocenters. The third-order valence-corrected chi connectivity index (χ3v) is 2.79. The minimum absolute atomic E-state index is 0.148. The molecule has 1 aromatic rings. The first-order valence-corrected chi connectivity index (χ1v) is 5.80. The number of ether oxygens (including phenoxy) is 6. The summed E-state index contributed by atoms with van der Waals surface area (Å²) in [7, 11) is 0. The second-order valence-corrected chi connectivity index (χ2v) is 4.04. The zero-order valence-electron chi connectivity index (χ0n) is 10.4. The lowest BCUT2D eigenvalue weighted by atomic mass is 10.1. The van der Waals surface area contributed by atoms with Gasteiger partial charge in [0.15, 0.2) is 33.5 Å². The Hall–Kier alpha value is -1.16. The van der Waals surface area contributed by atoms with E-state index in [1.165, 1.54) is 0 Å². The number of nitrogens with zero attached hydrogens (tertiary/aromatic N) is 2. The third-order valence-electron chi connectivity index (χ3n) is 2.79. The van der Waals surface area contributed by atoms with Crippen molar-refractivity contribution in [2.45, 2.75) is 19.5 Å². The van der Waals surface area contributed by atoms with Gasteiger partial charge in [-0.2, -0.15) is 5.10 Å². The molecule has 8 heteroatoms. The molecule has 0 amide bonds. The minimum atomic E-state index is -0.633. The van der Waals surface area contributed by atoms with Gasteiger partial charge in [-0.3, -0.25) is 0 Å². The Labute approximate surface area is 109 Å². The molecule has 3 rings (SSSR count). The fourth-order valence-electron chi connectivity index (χ4n) is 1.91. The average molecular weight is 270 g/mol. The topological polar surface area (TPSA) is 81.2 Å². The van der Waals surface area contributed by atoms with Crippen molar-refractivity contribution in [3.63, 3.8) is 0 Å². The summed E-state index contributed by atoms with van der Waals surface area (Å²) in [5.74, 6) is 0. The standard InChI is InChI=1S/C11H14N2O6/c1-7-2-12-13-9(11-18-5-15-6-19-11)8(7)10-16-3-14-4-17-10/h2,10-11H,3-6H2,1H3. The van der Waals surface area contributed by atoms with Crippen LogP contribution >= 0.6 is 0 Å². The SMILES string of the molecule is Cc1cnnc(C2OCOCO2)c1C1OCOCO1. The van der Waals surface area contributed by atoms with Crippen molar-refractivity contribution in [1.82, 2.24) is 10.2 Å². The van der Waals surface area contributed by atoms with Crippen LogP contribution in [0.4, 0.5) is 0 Å². The Morgan fingerprint density at radius 2 is 1.53 bits per heavy atom. The monoisotopic (exact) mass is 270 g/mol. The number of aryl methyl sites for hydroxylation is 1. The van der Waals surface area contributed by atoms with E-state index in [1.807, 2.05) is 6.92 Å². The van der Waals surface area contributed by atoms with E-state index in [2.05, 4.69) is 10.2 Å². The zero-order chi connectivity index (χ0) is 13.1. The molecule has 1 aromatic heterocycles. The highest BCUT2D eigenvalue weighted by molar-refractivity contribution is 5.29. The molecule has 19 heavy (non-hydrogen) atoms. The highest BCUT2D eigenvalue weighted by atomic mass is 16.9. The second-order valence-electron chi connectivity index (χ2n) is 4.04. The molecule has 0 saturated carbocycles. The molecule has 0 aromatic carbocycles. The molecule has 0 spiro atoms. The zero-order valence-corrected chi connectivity index (χ0v) is 10.4. The highest BCUT2D eigenvalue weighted by Crippen LogP contribution is 2.32. The highest BCUT2D eigenvalue weighted by Gasteiger charge is 2.30. The van der Waals surface area contributed by atoms with Crippen LogP contribution in [-0.2, 0) is 28.4 Å².